The Balaban J connectivity index is 1.86. The number of carbonyl (C=O) groups excluding carboxylic acids is 5. The Morgan fingerprint density at radius 1 is 1.16 bits per heavy atom. The number of carbonyl (C=O) groups is 5. The lowest BCUT2D eigenvalue weighted by Crippen LogP contribution is -2.74. The Hall–Kier alpha value is -3.20. The largest absolute Gasteiger partial charge is 0.507 e. The van der Waals surface area contributed by atoms with Gasteiger partial charge in [0.25, 0.3) is 0 Å². The van der Waals surface area contributed by atoms with E-state index in [-0.39, 0.29) is 18.6 Å². The second-order valence-electron chi connectivity index (χ2n) is 13.1. The van der Waals surface area contributed by atoms with Crippen molar-refractivity contribution in [1.29, 1.82) is 0 Å². The predicted molar refractivity (Wildman–Crippen MR) is 144 cm³/mol. The smallest absolute Gasteiger partial charge is 0.417 e. The fraction of sp³-hybridized carbons (Fsp3) is 0.621. The van der Waals surface area contributed by atoms with Gasteiger partial charge in [-0.05, 0) is 55.5 Å². The average Bonchev–Trinajstić information content (AvgIpc) is 2.84. The highest BCUT2D eigenvalue weighted by Gasteiger charge is 2.69. The second kappa shape index (κ2) is 10.8. The fourth-order valence-electron chi connectivity index (χ4n) is 7.11. The summed E-state index contributed by atoms with van der Waals surface area (Å²) in [5.41, 5.74) is -1.05. The summed E-state index contributed by atoms with van der Waals surface area (Å²) in [6.45, 7) is 4.55. The number of Topliss-reactive ketones (excluding diaryl/α,β-unsaturated/α-hetero) is 4. The number of amides is 1. The first-order valence-electron chi connectivity index (χ1n) is 13.8. The number of phenols is 1. The highest BCUT2D eigenvalue weighted by atomic mass is 19.4. The summed E-state index contributed by atoms with van der Waals surface area (Å²) in [7, 11) is 2.82. The molecule has 4 rings (SSSR count). The summed E-state index contributed by atoms with van der Waals surface area (Å²) in [5.74, 6) is -13.7. The molecule has 0 radical (unpaired) electrons. The molecule has 3 aliphatic carbocycles. The lowest BCUT2D eigenvalue weighted by Gasteiger charge is -2.52. The Labute approximate surface area is 245 Å². The van der Waals surface area contributed by atoms with Crippen molar-refractivity contribution in [3.8, 4) is 5.75 Å². The van der Waals surface area contributed by atoms with Gasteiger partial charge in [-0.3, -0.25) is 28.9 Å². The van der Waals surface area contributed by atoms with Crippen LogP contribution in [-0.2, 0) is 38.3 Å². The van der Waals surface area contributed by atoms with E-state index in [2.05, 4.69) is 5.32 Å². The van der Waals surface area contributed by atoms with Gasteiger partial charge in [0.2, 0.25) is 5.91 Å². The topological polar surface area (TPSA) is 187 Å². The molecule has 43 heavy (non-hydrogen) atoms. The number of rotatable bonds is 6. The third-order valence-electron chi connectivity index (χ3n) is 9.20. The van der Waals surface area contributed by atoms with Crippen LogP contribution in [0, 0.1) is 29.1 Å². The third-order valence-corrected chi connectivity index (χ3v) is 9.20. The maximum absolute atomic E-state index is 14.6. The summed E-state index contributed by atoms with van der Waals surface area (Å²) < 4.78 is 43.9. The van der Waals surface area contributed by atoms with Crippen LogP contribution in [0.15, 0.2) is 6.07 Å². The monoisotopic (exact) mass is 611 g/mol. The highest BCUT2D eigenvalue weighted by molar-refractivity contribution is 6.32. The quantitative estimate of drug-likeness (QED) is 0.282. The van der Waals surface area contributed by atoms with E-state index in [1.165, 1.54) is 19.0 Å². The average molecular weight is 612 g/mol. The number of likely N-dealkylation sites (N-methyl/N-ethyl adjacent to an activating group) is 1. The molecule has 2 fully saturated rings. The summed E-state index contributed by atoms with van der Waals surface area (Å²) in [5, 5.41) is 35.1. The Morgan fingerprint density at radius 2 is 1.77 bits per heavy atom. The number of nitrogens with two attached hydrogens (primary N) is 1. The third kappa shape index (κ3) is 5.07. The number of aliphatic hydroxyl groups is 2. The van der Waals surface area contributed by atoms with Crippen LogP contribution < -0.4 is 11.1 Å². The van der Waals surface area contributed by atoms with Crippen molar-refractivity contribution in [2.24, 2.45) is 34.8 Å². The van der Waals surface area contributed by atoms with Crippen molar-refractivity contribution in [3.63, 3.8) is 0 Å². The Bertz CT molecular complexity index is 1400. The highest BCUT2D eigenvalue weighted by Crippen LogP contribution is 2.52. The van der Waals surface area contributed by atoms with E-state index in [0.29, 0.717) is 0 Å². The van der Waals surface area contributed by atoms with Crippen molar-refractivity contribution in [2.45, 2.75) is 64.0 Å². The molecule has 2 saturated carbocycles. The van der Waals surface area contributed by atoms with E-state index < -0.39 is 117 Å². The Morgan fingerprint density at radius 3 is 2.26 bits per heavy atom. The first-order valence-corrected chi connectivity index (χ1v) is 13.8. The number of hydrogen-bond donors (Lipinski definition) is 5. The number of halogens is 3. The molecule has 1 aromatic rings. The van der Waals surface area contributed by atoms with Gasteiger partial charge >= 0.3 is 6.18 Å². The molecule has 0 bridgehead atoms. The number of nitrogens with one attached hydrogen (secondary N) is 1. The van der Waals surface area contributed by atoms with Crippen LogP contribution in [-0.4, -0.2) is 87.6 Å². The van der Waals surface area contributed by atoms with Crippen molar-refractivity contribution >= 4 is 29.0 Å². The SMILES string of the molecule is CN(C)[C@@H]1C(=O)C(C(N)=O)C(=O)[C@@]2(O)C(=O)C3C(=O)c4c(O)cc(CN[C@H](CO)C(C)(C)C)c(C(F)(F)F)c4C[C@H]3C[C@@H]12. The van der Waals surface area contributed by atoms with Gasteiger partial charge in [-0.25, -0.2) is 0 Å². The van der Waals surface area contributed by atoms with Gasteiger partial charge in [0, 0.05) is 18.5 Å². The minimum atomic E-state index is -4.99. The van der Waals surface area contributed by atoms with Gasteiger partial charge < -0.3 is 26.4 Å². The zero-order chi connectivity index (χ0) is 32.6. The molecule has 2 unspecified atom stereocenters. The first kappa shape index (κ1) is 32.7. The van der Waals surface area contributed by atoms with E-state index in [9.17, 15) is 52.5 Å². The summed E-state index contributed by atoms with van der Waals surface area (Å²) in [4.78, 5) is 67.4. The molecular formula is C29H36F3N3O8. The molecule has 7 atom stereocenters. The van der Waals surface area contributed by atoms with Gasteiger partial charge in [0.1, 0.15) is 5.75 Å². The predicted octanol–water partition coefficient (Wildman–Crippen LogP) is 0.382. The Kier molecular flexibility index (Phi) is 8.18. The molecule has 1 amide bonds. The number of alkyl halides is 3. The minimum absolute atomic E-state index is 0.374. The number of aromatic hydroxyl groups is 1. The van der Waals surface area contributed by atoms with E-state index in [0.717, 1.165) is 6.07 Å². The summed E-state index contributed by atoms with van der Waals surface area (Å²) >= 11 is 0. The van der Waals surface area contributed by atoms with Crippen LogP contribution in [0.5, 0.6) is 5.75 Å². The van der Waals surface area contributed by atoms with Crippen LogP contribution in [0.3, 0.4) is 0 Å². The molecule has 6 N–H and O–H groups in total. The van der Waals surface area contributed by atoms with E-state index in [1.807, 2.05) is 0 Å². The van der Waals surface area contributed by atoms with Crippen LogP contribution >= 0.6 is 0 Å². The van der Waals surface area contributed by atoms with E-state index in [4.69, 9.17) is 5.73 Å². The first-order chi connectivity index (χ1) is 19.7. The molecule has 0 aliphatic heterocycles. The zero-order valence-corrected chi connectivity index (χ0v) is 24.4. The number of phenolic OH excluding ortho intramolecular Hbond substituents is 1. The lowest BCUT2D eigenvalue weighted by atomic mass is 9.52. The van der Waals surface area contributed by atoms with Crippen molar-refractivity contribution < 1.29 is 52.5 Å². The van der Waals surface area contributed by atoms with Crippen LogP contribution in [0.1, 0.15) is 54.2 Å². The summed E-state index contributed by atoms with van der Waals surface area (Å²) in [6.07, 6.45) is -5.89. The standard InChI is InChI=1S/C29H36F3N3O8/c1-27(2,3)16(10-36)34-9-12-8-15(37)18-13(20(12)29(30,31)32)6-11-7-14-21(35(4)5)23(39)19(26(33)42)25(41)28(14,43)24(40)17(11)22(18)38/h8,11,14,16-17,19,21,34,36-37,43H,6-7,9-10H2,1-5H3,(H2,33,42)/t11-,14-,16+,17?,19?,21-,28-/m0/s1. The molecular weight excluding hydrogens is 575 g/mol. The molecule has 0 aromatic heterocycles. The van der Waals surface area contributed by atoms with Crippen molar-refractivity contribution in [2.75, 3.05) is 20.7 Å². The van der Waals surface area contributed by atoms with Crippen LogP contribution in [0.4, 0.5) is 13.2 Å². The molecule has 1 aromatic carbocycles. The second-order valence-corrected chi connectivity index (χ2v) is 13.1. The van der Waals surface area contributed by atoms with Crippen molar-refractivity contribution in [1.82, 2.24) is 10.2 Å². The maximum Gasteiger partial charge on any atom is 0.417 e. The van der Waals surface area contributed by atoms with Gasteiger partial charge in [0.05, 0.1) is 29.7 Å². The van der Waals surface area contributed by atoms with E-state index in [1.54, 1.807) is 20.8 Å². The minimum Gasteiger partial charge on any atom is -0.507 e. The summed E-state index contributed by atoms with van der Waals surface area (Å²) in [6, 6.07) is -1.20. The number of aliphatic hydroxyl groups excluding tert-OH is 1. The zero-order valence-electron chi connectivity index (χ0n) is 24.4. The fourth-order valence-corrected chi connectivity index (χ4v) is 7.11. The number of nitrogens with zero attached hydrogens (tertiary/aromatic N) is 1. The van der Waals surface area contributed by atoms with Gasteiger partial charge in [-0.15, -0.1) is 0 Å². The molecule has 0 spiro atoms. The number of benzene rings is 1. The number of hydrogen-bond acceptors (Lipinski definition) is 10. The molecule has 236 valence electrons. The van der Waals surface area contributed by atoms with Crippen LogP contribution in [0.2, 0.25) is 0 Å². The number of ketones is 4. The normalized spacial score (nSPS) is 30.2. The van der Waals surface area contributed by atoms with Gasteiger partial charge in [-0.1, -0.05) is 20.8 Å². The number of fused-ring (bicyclic) bond motifs is 3. The number of primary amides is 1. The molecule has 11 nitrogen and oxygen atoms in total. The maximum atomic E-state index is 14.6. The molecule has 14 heteroatoms. The lowest BCUT2D eigenvalue weighted by molar-refractivity contribution is -0.181. The molecule has 0 heterocycles. The van der Waals surface area contributed by atoms with Crippen LogP contribution in [0.25, 0.3) is 0 Å². The van der Waals surface area contributed by atoms with Crippen molar-refractivity contribution in [3.05, 3.63) is 28.3 Å². The molecule has 0 saturated heterocycles. The van der Waals surface area contributed by atoms with Gasteiger partial charge in [-0.2, -0.15) is 13.2 Å². The van der Waals surface area contributed by atoms with Gasteiger partial charge in [0.15, 0.2) is 34.7 Å². The molecule has 3 aliphatic rings. The van der Waals surface area contributed by atoms with E-state index >= 15 is 0 Å².